The Bertz CT molecular complexity index is 718. The van der Waals surface area contributed by atoms with Crippen LogP contribution in [0.25, 0.3) is 0 Å². The van der Waals surface area contributed by atoms with Gasteiger partial charge in [0.1, 0.15) is 0 Å². The van der Waals surface area contributed by atoms with Crippen molar-refractivity contribution in [1.82, 2.24) is 0 Å². The molecule has 35 heavy (non-hydrogen) atoms. The van der Waals surface area contributed by atoms with E-state index in [0.29, 0.717) is 0 Å². The summed E-state index contributed by atoms with van der Waals surface area (Å²) < 4.78 is 33.7. The molecule has 0 amide bonds. The van der Waals surface area contributed by atoms with Crippen LogP contribution < -0.4 is 0 Å². The van der Waals surface area contributed by atoms with Gasteiger partial charge >= 0.3 is 37.7 Å². The first kappa shape index (κ1) is 35.4. The van der Waals surface area contributed by atoms with Crippen LogP contribution in [0.5, 0.6) is 0 Å². The van der Waals surface area contributed by atoms with Gasteiger partial charge < -0.3 is 0 Å². The summed E-state index contributed by atoms with van der Waals surface area (Å²) in [4.78, 5) is 0.132. The van der Waals surface area contributed by atoms with Gasteiger partial charge in [-0.2, -0.15) is 8.42 Å². The Morgan fingerprint density at radius 2 is 0.943 bits per heavy atom. The van der Waals surface area contributed by atoms with Gasteiger partial charge in [-0.1, -0.05) is 142 Å². The van der Waals surface area contributed by atoms with Crippen molar-refractivity contribution in [3.63, 3.8) is 0 Å². The summed E-state index contributed by atoms with van der Waals surface area (Å²) in [5.74, 6) is 0. The van der Waals surface area contributed by atoms with Crippen molar-refractivity contribution in [3.8, 4) is 0 Å². The third-order valence-corrected chi connectivity index (χ3v) is 8.03. The third-order valence-electron chi connectivity index (χ3n) is 7.09. The Labute approximate surface area is 248 Å². The van der Waals surface area contributed by atoms with E-state index in [2.05, 4.69) is 19.9 Å². The number of unbranched alkanes of at least 4 members (excludes halogenated alkanes) is 18. The van der Waals surface area contributed by atoms with Crippen LogP contribution in [-0.4, -0.2) is 50.7 Å². The van der Waals surface area contributed by atoms with Crippen molar-refractivity contribution in [2.75, 3.05) is 0 Å². The molecule has 202 valence electrons. The summed E-state index contributed by atoms with van der Waals surface area (Å²) in [5.41, 5.74) is 1.98. The van der Waals surface area contributed by atoms with Crippen molar-refractivity contribution in [2.45, 2.75) is 160 Å². The third kappa shape index (κ3) is 18.3. The quantitative estimate of drug-likeness (QED) is 0.0862. The summed E-state index contributed by atoms with van der Waals surface area (Å²) in [6, 6.07) is 5.42. The number of hydrogen-bond donors (Lipinski definition) is 1. The normalized spacial score (nSPS) is 11.5. The maximum absolute atomic E-state index is 12.0. The van der Waals surface area contributed by atoms with Gasteiger partial charge in [-0.3, -0.25) is 4.55 Å². The van der Waals surface area contributed by atoms with E-state index < -0.39 is 10.1 Å². The maximum atomic E-state index is 12.0. The van der Waals surface area contributed by atoms with E-state index in [1.165, 1.54) is 109 Å². The number of benzene rings is 1. The summed E-state index contributed by atoms with van der Waals surface area (Å²) in [5, 5.41) is 0. The predicted octanol–water partition coefficient (Wildman–Crippen LogP) is 8.94. The molecule has 1 aromatic carbocycles. The van der Waals surface area contributed by atoms with Crippen LogP contribution in [0, 0.1) is 0 Å². The van der Waals surface area contributed by atoms with Crippen LogP contribution in [0.4, 0.5) is 0 Å². The van der Waals surface area contributed by atoms with Gasteiger partial charge in [0.15, 0.2) is 0 Å². The Morgan fingerprint density at radius 1 is 0.571 bits per heavy atom. The monoisotopic (exact) mass is 536 g/mol. The molecule has 5 heteroatoms. The molecule has 0 spiro atoms. The molecule has 0 bridgehead atoms. The Balaban J connectivity index is 0.0000116. The molecular weight excluding hydrogens is 480 g/mol. The average molecular weight is 537 g/mol. The van der Waals surface area contributed by atoms with Crippen LogP contribution >= 0.6 is 0 Å². The van der Waals surface area contributed by atoms with Gasteiger partial charge in [0.2, 0.25) is 0 Å². The molecule has 0 radical (unpaired) electrons. The molecule has 1 rings (SSSR count). The standard InChI is InChI=1S/C30H54O3S.Ca.2H/c1-3-5-7-9-11-13-15-17-19-21-24-28-25-23-27-30(34(31,32)33)29(28)26-22-20-18-16-14-12-10-8-6-4-2;;;/h23,25,27H,3-22,24,26H2,1-2H3,(H,31,32,33);;;. The summed E-state index contributed by atoms with van der Waals surface area (Å²) in [7, 11) is -4.17. The van der Waals surface area contributed by atoms with Crippen LogP contribution in [0.3, 0.4) is 0 Å². The zero-order valence-electron chi connectivity index (χ0n) is 22.5. The van der Waals surface area contributed by atoms with E-state index >= 15 is 0 Å². The van der Waals surface area contributed by atoms with E-state index in [1.807, 2.05) is 0 Å². The van der Waals surface area contributed by atoms with Gasteiger partial charge in [-0.15, -0.1) is 0 Å². The predicted molar refractivity (Wildman–Crippen MR) is 156 cm³/mol. The number of aryl methyl sites for hydroxylation is 1. The van der Waals surface area contributed by atoms with Gasteiger partial charge in [0.05, 0.1) is 4.90 Å². The van der Waals surface area contributed by atoms with E-state index in [4.69, 9.17) is 0 Å². The van der Waals surface area contributed by atoms with Crippen molar-refractivity contribution in [3.05, 3.63) is 29.3 Å². The van der Waals surface area contributed by atoms with Crippen LogP contribution in [0.2, 0.25) is 0 Å². The molecule has 0 aromatic heterocycles. The molecule has 3 nitrogen and oxygen atoms in total. The van der Waals surface area contributed by atoms with Crippen LogP contribution in [-0.2, 0) is 23.0 Å². The first-order valence-corrected chi connectivity index (χ1v) is 16.0. The van der Waals surface area contributed by atoms with E-state index in [-0.39, 0.29) is 42.6 Å². The molecule has 1 N–H and O–H groups in total. The summed E-state index contributed by atoms with van der Waals surface area (Å²) >= 11 is 0. The Hall–Kier alpha value is 0.390. The van der Waals surface area contributed by atoms with Crippen molar-refractivity contribution < 1.29 is 13.0 Å². The Morgan fingerprint density at radius 3 is 1.34 bits per heavy atom. The van der Waals surface area contributed by atoms with Gasteiger partial charge in [-0.05, 0) is 42.9 Å². The topological polar surface area (TPSA) is 54.4 Å². The number of rotatable bonds is 23. The molecule has 0 aliphatic rings. The van der Waals surface area contributed by atoms with Crippen molar-refractivity contribution in [1.29, 1.82) is 0 Å². The minimum absolute atomic E-state index is 0. The first-order valence-electron chi connectivity index (χ1n) is 14.6. The second kappa shape index (κ2) is 23.5. The molecule has 0 saturated heterocycles. The second-order valence-corrected chi connectivity index (χ2v) is 11.6. The second-order valence-electron chi connectivity index (χ2n) is 10.2. The minimum atomic E-state index is -4.17. The fourth-order valence-corrected chi connectivity index (χ4v) is 5.76. The molecule has 0 aliphatic carbocycles. The van der Waals surface area contributed by atoms with Crippen LogP contribution in [0.1, 0.15) is 153 Å². The fourth-order valence-electron chi connectivity index (χ4n) is 4.96. The summed E-state index contributed by atoms with van der Waals surface area (Å²) in [6.07, 6.45) is 27.3. The molecule has 0 saturated carbocycles. The van der Waals surface area contributed by atoms with Crippen LogP contribution in [0.15, 0.2) is 23.1 Å². The summed E-state index contributed by atoms with van der Waals surface area (Å²) in [6.45, 7) is 4.51. The van der Waals surface area contributed by atoms with Crippen molar-refractivity contribution >= 4 is 47.9 Å². The Kier molecular flexibility index (Phi) is 23.8. The SMILES string of the molecule is CCCCCCCCCCCCc1cccc(S(=O)(=O)O)c1CCCCCCCCCCCC.[CaH2]. The molecule has 0 fully saturated rings. The van der Waals surface area contributed by atoms with Gasteiger partial charge in [-0.25, -0.2) is 0 Å². The first-order chi connectivity index (χ1) is 16.5. The fraction of sp³-hybridized carbons (Fsp3) is 0.800. The van der Waals surface area contributed by atoms with E-state index in [1.54, 1.807) is 12.1 Å². The number of hydrogen-bond acceptors (Lipinski definition) is 2. The molecular formula is C30H56CaO3S. The molecule has 0 atom stereocenters. The zero-order valence-corrected chi connectivity index (χ0v) is 23.3. The molecule has 0 heterocycles. The van der Waals surface area contributed by atoms with E-state index in [9.17, 15) is 13.0 Å². The molecule has 1 aromatic rings. The zero-order chi connectivity index (χ0) is 24.9. The molecule has 0 unspecified atom stereocenters. The van der Waals surface area contributed by atoms with Crippen molar-refractivity contribution in [2.24, 2.45) is 0 Å². The van der Waals surface area contributed by atoms with Gasteiger partial charge in [0, 0.05) is 0 Å². The van der Waals surface area contributed by atoms with Gasteiger partial charge in [0.25, 0.3) is 10.1 Å². The average Bonchev–Trinajstić information content (AvgIpc) is 2.81. The van der Waals surface area contributed by atoms with E-state index in [0.717, 1.165) is 43.2 Å². The molecule has 0 aliphatic heterocycles.